The molecule has 3 nitrogen and oxygen atoms in total. The van der Waals surface area contributed by atoms with Crippen molar-refractivity contribution in [3.63, 3.8) is 0 Å². The first-order valence-corrected chi connectivity index (χ1v) is 9.38. The molecule has 0 bridgehead atoms. The zero-order chi connectivity index (χ0) is 15.7. The zero-order valence-electron chi connectivity index (χ0n) is 14.0. The van der Waals surface area contributed by atoms with Crippen molar-refractivity contribution in [3.05, 3.63) is 0 Å². The third-order valence-electron chi connectivity index (χ3n) is 8.31. The molecule has 4 rings (SSSR count). The quantitative estimate of drug-likeness (QED) is 0.645. The molecular formula is C19H32O3. The molecule has 0 saturated heterocycles. The van der Waals surface area contributed by atoms with E-state index < -0.39 is 0 Å². The smallest absolute Gasteiger partial charge is 0.0581 e. The van der Waals surface area contributed by atoms with E-state index >= 15 is 0 Å². The predicted molar refractivity (Wildman–Crippen MR) is 85.1 cm³/mol. The Bertz CT molecular complexity index is 452. The lowest BCUT2D eigenvalue weighted by Gasteiger charge is -2.61. The Morgan fingerprint density at radius 1 is 0.864 bits per heavy atom. The van der Waals surface area contributed by atoms with Crippen molar-refractivity contribution < 1.29 is 15.3 Å². The highest BCUT2D eigenvalue weighted by Gasteiger charge is 2.61. The number of hydrogen-bond donors (Lipinski definition) is 3. The van der Waals surface area contributed by atoms with Gasteiger partial charge >= 0.3 is 0 Å². The van der Waals surface area contributed by atoms with Crippen LogP contribution >= 0.6 is 0 Å². The SMILES string of the molecule is C[C@@]12C[C@@H](O)C[C@H]1[C@@H]1CC[C@H]3C[C@@H](O)CC[C@]3(C)[C@H]1[C@H](O)C2. The minimum Gasteiger partial charge on any atom is -0.393 e. The van der Waals surface area contributed by atoms with Gasteiger partial charge in [0.05, 0.1) is 18.3 Å². The largest absolute Gasteiger partial charge is 0.393 e. The lowest BCUT2D eigenvalue weighted by molar-refractivity contribution is -0.171. The fourth-order valence-electron chi connectivity index (χ4n) is 7.40. The topological polar surface area (TPSA) is 60.7 Å². The van der Waals surface area contributed by atoms with Crippen molar-refractivity contribution in [2.24, 2.45) is 34.5 Å². The van der Waals surface area contributed by atoms with Crippen LogP contribution in [0.3, 0.4) is 0 Å². The summed E-state index contributed by atoms with van der Waals surface area (Å²) in [6, 6.07) is 0. The van der Waals surface area contributed by atoms with E-state index in [1.807, 2.05) is 0 Å². The van der Waals surface area contributed by atoms with Crippen LogP contribution in [0, 0.1) is 34.5 Å². The van der Waals surface area contributed by atoms with Gasteiger partial charge in [-0.25, -0.2) is 0 Å². The highest BCUT2D eigenvalue weighted by molar-refractivity contribution is 5.11. The first kappa shape index (κ1) is 15.4. The standard InChI is InChI=1S/C19H32O3/c1-18-9-13(21)8-15(18)14-4-3-11-7-12(20)5-6-19(11,2)17(14)16(22)10-18/h11-17,20-22H,3-10H2,1-2H3/t11-,12-,13-,14-,15-,16+,17+,18-,19-/m0/s1. The maximum absolute atomic E-state index is 11.0. The normalized spacial score (nSPS) is 61.2. The molecule has 0 unspecified atom stereocenters. The average molecular weight is 308 g/mol. The van der Waals surface area contributed by atoms with Gasteiger partial charge in [-0.3, -0.25) is 0 Å². The summed E-state index contributed by atoms with van der Waals surface area (Å²) in [5.74, 6) is 2.10. The number of hydrogen-bond acceptors (Lipinski definition) is 3. The molecule has 3 heteroatoms. The summed E-state index contributed by atoms with van der Waals surface area (Å²) in [7, 11) is 0. The number of rotatable bonds is 0. The molecular weight excluding hydrogens is 276 g/mol. The van der Waals surface area contributed by atoms with E-state index in [4.69, 9.17) is 0 Å². The summed E-state index contributed by atoms with van der Waals surface area (Å²) >= 11 is 0. The van der Waals surface area contributed by atoms with Crippen LogP contribution in [0.2, 0.25) is 0 Å². The second kappa shape index (κ2) is 4.94. The maximum atomic E-state index is 11.0. The molecule has 0 aromatic heterocycles. The van der Waals surface area contributed by atoms with Gasteiger partial charge in [-0.2, -0.15) is 0 Å². The second-order valence-corrected chi connectivity index (χ2v) is 9.52. The first-order chi connectivity index (χ1) is 10.3. The van der Waals surface area contributed by atoms with Crippen molar-refractivity contribution in [1.29, 1.82) is 0 Å². The first-order valence-electron chi connectivity index (χ1n) is 9.38. The molecule has 0 aromatic rings. The van der Waals surface area contributed by atoms with Crippen LogP contribution in [0.25, 0.3) is 0 Å². The van der Waals surface area contributed by atoms with Crippen LogP contribution in [-0.2, 0) is 0 Å². The lowest BCUT2D eigenvalue weighted by atomic mass is 9.44. The summed E-state index contributed by atoms with van der Waals surface area (Å²) in [5, 5.41) is 31.3. The summed E-state index contributed by atoms with van der Waals surface area (Å²) in [6.07, 6.45) is 7.41. The van der Waals surface area contributed by atoms with E-state index in [0.29, 0.717) is 23.7 Å². The van der Waals surface area contributed by atoms with E-state index in [1.54, 1.807) is 0 Å². The van der Waals surface area contributed by atoms with Gasteiger partial charge in [-0.1, -0.05) is 13.8 Å². The monoisotopic (exact) mass is 308 g/mol. The summed E-state index contributed by atoms with van der Waals surface area (Å²) in [6.45, 7) is 4.68. The highest BCUT2D eigenvalue weighted by atomic mass is 16.3. The fraction of sp³-hybridized carbons (Fsp3) is 1.00. The van der Waals surface area contributed by atoms with Crippen LogP contribution in [0.4, 0.5) is 0 Å². The summed E-state index contributed by atoms with van der Waals surface area (Å²) < 4.78 is 0. The van der Waals surface area contributed by atoms with E-state index in [2.05, 4.69) is 13.8 Å². The Hall–Kier alpha value is -0.120. The summed E-state index contributed by atoms with van der Waals surface area (Å²) in [4.78, 5) is 0. The van der Waals surface area contributed by atoms with Crippen molar-refractivity contribution in [2.75, 3.05) is 0 Å². The van der Waals surface area contributed by atoms with Crippen LogP contribution in [-0.4, -0.2) is 33.6 Å². The average Bonchev–Trinajstić information content (AvgIpc) is 2.73. The molecule has 3 N–H and O–H groups in total. The molecule has 126 valence electrons. The molecule has 0 heterocycles. The van der Waals surface area contributed by atoms with Gasteiger partial charge < -0.3 is 15.3 Å². The molecule has 4 saturated carbocycles. The maximum Gasteiger partial charge on any atom is 0.0581 e. The van der Waals surface area contributed by atoms with Crippen LogP contribution in [0.1, 0.15) is 65.2 Å². The Kier molecular flexibility index (Phi) is 3.46. The molecule has 0 aromatic carbocycles. The Balaban J connectivity index is 1.67. The third-order valence-corrected chi connectivity index (χ3v) is 8.31. The molecule has 0 radical (unpaired) electrons. The molecule has 9 atom stereocenters. The van der Waals surface area contributed by atoms with Crippen LogP contribution in [0.15, 0.2) is 0 Å². The van der Waals surface area contributed by atoms with Gasteiger partial charge in [0.1, 0.15) is 0 Å². The Morgan fingerprint density at radius 2 is 1.64 bits per heavy atom. The lowest BCUT2D eigenvalue weighted by Crippen LogP contribution is -2.58. The Labute approximate surface area is 134 Å². The third kappa shape index (κ3) is 2.04. The minimum atomic E-state index is -0.223. The van der Waals surface area contributed by atoms with Crippen molar-refractivity contribution >= 4 is 0 Å². The molecule has 4 aliphatic carbocycles. The van der Waals surface area contributed by atoms with E-state index in [1.165, 1.54) is 12.8 Å². The molecule has 0 spiro atoms. The van der Waals surface area contributed by atoms with E-state index in [0.717, 1.165) is 38.5 Å². The van der Waals surface area contributed by atoms with Gasteiger partial charge in [0.25, 0.3) is 0 Å². The van der Waals surface area contributed by atoms with Gasteiger partial charge in [0, 0.05) is 0 Å². The number of aliphatic hydroxyl groups excluding tert-OH is 3. The molecule has 4 aliphatic rings. The zero-order valence-corrected chi connectivity index (χ0v) is 14.0. The highest BCUT2D eigenvalue weighted by Crippen LogP contribution is 2.66. The number of fused-ring (bicyclic) bond motifs is 5. The minimum absolute atomic E-state index is 0.131. The van der Waals surface area contributed by atoms with Crippen LogP contribution in [0.5, 0.6) is 0 Å². The van der Waals surface area contributed by atoms with Gasteiger partial charge in [-0.15, -0.1) is 0 Å². The number of aliphatic hydroxyl groups is 3. The Morgan fingerprint density at radius 3 is 2.41 bits per heavy atom. The fourth-order valence-corrected chi connectivity index (χ4v) is 7.40. The van der Waals surface area contributed by atoms with Gasteiger partial charge in [-0.05, 0) is 85.9 Å². The van der Waals surface area contributed by atoms with Crippen molar-refractivity contribution in [1.82, 2.24) is 0 Å². The molecule has 0 aliphatic heterocycles. The van der Waals surface area contributed by atoms with Crippen molar-refractivity contribution in [2.45, 2.75) is 83.5 Å². The van der Waals surface area contributed by atoms with Crippen molar-refractivity contribution in [3.8, 4) is 0 Å². The summed E-state index contributed by atoms with van der Waals surface area (Å²) in [5.41, 5.74) is 0.327. The van der Waals surface area contributed by atoms with E-state index in [9.17, 15) is 15.3 Å². The molecule has 0 amide bonds. The van der Waals surface area contributed by atoms with E-state index in [-0.39, 0.29) is 29.1 Å². The molecule has 4 fully saturated rings. The molecule has 22 heavy (non-hydrogen) atoms. The van der Waals surface area contributed by atoms with Gasteiger partial charge in [0.15, 0.2) is 0 Å². The van der Waals surface area contributed by atoms with Gasteiger partial charge in [0.2, 0.25) is 0 Å². The predicted octanol–water partition coefficient (Wildman–Crippen LogP) is 2.72. The van der Waals surface area contributed by atoms with Crippen LogP contribution < -0.4 is 0 Å². The second-order valence-electron chi connectivity index (χ2n) is 9.52.